The number of hydrogen-bond acceptors (Lipinski definition) is 3. The van der Waals surface area contributed by atoms with Crippen LogP contribution in [0.15, 0.2) is 77.6 Å². The molecule has 0 saturated carbocycles. The Bertz CT molecular complexity index is 1160. The first-order chi connectivity index (χ1) is 12.6. The molecule has 0 saturated heterocycles. The Morgan fingerprint density at radius 3 is 2.23 bits per heavy atom. The summed E-state index contributed by atoms with van der Waals surface area (Å²) in [6, 6.07) is 22.3. The topological polar surface area (TPSA) is 62.8 Å². The minimum absolute atomic E-state index is 0.0548. The van der Waals surface area contributed by atoms with Crippen molar-refractivity contribution < 1.29 is 4.79 Å². The maximum Gasteiger partial charge on any atom is 0.345 e. The number of nitrogens with one attached hydrogen (secondary N) is 1. The average Bonchev–Trinajstić information content (AvgIpc) is 2.68. The fraction of sp³-hybridized carbons (Fsp3) is 0.0455. The number of ketones is 1. The summed E-state index contributed by atoms with van der Waals surface area (Å²) in [6.07, 6.45) is 0. The Morgan fingerprint density at radius 2 is 1.54 bits per heavy atom. The summed E-state index contributed by atoms with van der Waals surface area (Å²) >= 11 is 0. The van der Waals surface area contributed by atoms with E-state index in [1.165, 1.54) is 0 Å². The molecule has 0 amide bonds. The van der Waals surface area contributed by atoms with Gasteiger partial charge in [-0.05, 0) is 30.2 Å². The van der Waals surface area contributed by atoms with E-state index in [1.54, 1.807) is 18.2 Å². The predicted molar refractivity (Wildman–Crippen MR) is 102 cm³/mol. The van der Waals surface area contributed by atoms with E-state index in [9.17, 15) is 9.59 Å². The number of nitrogens with zero attached hydrogens (tertiary/aromatic N) is 1. The van der Waals surface area contributed by atoms with Crippen LogP contribution in [0.3, 0.4) is 0 Å². The van der Waals surface area contributed by atoms with Crippen LogP contribution in [0.2, 0.25) is 0 Å². The summed E-state index contributed by atoms with van der Waals surface area (Å²) in [5, 5.41) is 0.759. The van der Waals surface area contributed by atoms with E-state index < -0.39 is 5.69 Å². The van der Waals surface area contributed by atoms with E-state index in [2.05, 4.69) is 9.97 Å². The lowest BCUT2D eigenvalue weighted by Gasteiger charge is -2.10. The van der Waals surface area contributed by atoms with E-state index in [0.29, 0.717) is 22.3 Å². The second-order valence-electron chi connectivity index (χ2n) is 6.17. The largest absolute Gasteiger partial charge is 0.345 e. The highest BCUT2D eigenvalue weighted by atomic mass is 16.1. The normalized spacial score (nSPS) is 10.8. The number of benzene rings is 3. The smallest absolute Gasteiger partial charge is 0.305 e. The van der Waals surface area contributed by atoms with Gasteiger partial charge in [0.1, 0.15) is 0 Å². The van der Waals surface area contributed by atoms with Crippen LogP contribution in [0.5, 0.6) is 0 Å². The minimum Gasteiger partial charge on any atom is -0.305 e. The van der Waals surface area contributed by atoms with Gasteiger partial charge >= 0.3 is 5.69 Å². The molecule has 1 N–H and O–H groups in total. The van der Waals surface area contributed by atoms with Crippen molar-refractivity contribution in [3.05, 3.63) is 100.0 Å². The number of carbonyl (C=O) groups is 1. The molecule has 0 fully saturated rings. The first-order valence-electron chi connectivity index (χ1n) is 8.33. The molecule has 4 aromatic rings. The summed E-state index contributed by atoms with van der Waals surface area (Å²) in [4.78, 5) is 31.8. The monoisotopic (exact) mass is 340 g/mol. The maximum absolute atomic E-state index is 12.9. The molecule has 0 spiro atoms. The number of carbonyl (C=O) groups excluding carboxylic acids is 1. The van der Waals surface area contributed by atoms with Gasteiger partial charge < -0.3 is 4.98 Å². The van der Waals surface area contributed by atoms with Crippen LogP contribution in [0.25, 0.3) is 22.2 Å². The molecule has 0 aliphatic carbocycles. The highest BCUT2D eigenvalue weighted by Crippen LogP contribution is 2.28. The third-order valence-electron chi connectivity index (χ3n) is 4.38. The molecular weight excluding hydrogens is 324 g/mol. The number of rotatable bonds is 3. The van der Waals surface area contributed by atoms with E-state index >= 15 is 0 Å². The molecule has 4 heteroatoms. The van der Waals surface area contributed by atoms with Gasteiger partial charge in [0, 0.05) is 16.5 Å². The molecule has 26 heavy (non-hydrogen) atoms. The first kappa shape index (κ1) is 16.0. The van der Waals surface area contributed by atoms with Crippen molar-refractivity contribution in [3.8, 4) is 11.3 Å². The summed E-state index contributed by atoms with van der Waals surface area (Å²) in [5.41, 5.74) is 3.76. The summed E-state index contributed by atoms with van der Waals surface area (Å²) in [6.45, 7) is 1.87. The average molecular weight is 340 g/mol. The molecule has 0 radical (unpaired) electrons. The van der Waals surface area contributed by atoms with Crippen LogP contribution >= 0.6 is 0 Å². The molecule has 4 nitrogen and oxygen atoms in total. The van der Waals surface area contributed by atoms with Gasteiger partial charge in [0.2, 0.25) is 0 Å². The van der Waals surface area contributed by atoms with Crippen LogP contribution in [0, 0.1) is 6.92 Å². The van der Waals surface area contributed by atoms with Crippen LogP contribution in [-0.2, 0) is 0 Å². The zero-order valence-corrected chi connectivity index (χ0v) is 14.2. The molecular formula is C22H16N2O2. The molecule has 1 aromatic heterocycles. The lowest BCUT2D eigenvalue weighted by molar-refractivity contribution is 0.103. The quantitative estimate of drug-likeness (QED) is 0.570. The Kier molecular flexibility index (Phi) is 3.93. The number of hydrogen-bond donors (Lipinski definition) is 1. The Labute approximate surface area is 150 Å². The van der Waals surface area contributed by atoms with Gasteiger partial charge in [-0.1, -0.05) is 60.7 Å². The number of aryl methyl sites for hydroxylation is 1. The molecule has 0 aliphatic heterocycles. The Balaban J connectivity index is 1.98. The fourth-order valence-electron chi connectivity index (χ4n) is 3.14. The van der Waals surface area contributed by atoms with Crippen LogP contribution in [0.4, 0.5) is 0 Å². The van der Waals surface area contributed by atoms with Crippen molar-refractivity contribution >= 4 is 16.7 Å². The second-order valence-corrected chi connectivity index (χ2v) is 6.17. The van der Waals surface area contributed by atoms with Gasteiger partial charge in [-0.25, -0.2) is 4.79 Å². The van der Waals surface area contributed by atoms with E-state index in [0.717, 1.165) is 16.5 Å². The summed E-state index contributed by atoms with van der Waals surface area (Å²) < 4.78 is 0. The molecule has 0 atom stereocenters. The second kappa shape index (κ2) is 6.41. The van der Waals surface area contributed by atoms with Gasteiger partial charge in [-0.2, -0.15) is 4.98 Å². The van der Waals surface area contributed by atoms with Crippen molar-refractivity contribution in [1.82, 2.24) is 9.97 Å². The maximum atomic E-state index is 12.9. The third kappa shape index (κ3) is 2.82. The molecule has 0 aliphatic rings. The van der Waals surface area contributed by atoms with Crippen LogP contribution < -0.4 is 5.69 Å². The van der Waals surface area contributed by atoms with Crippen molar-refractivity contribution in [2.24, 2.45) is 0 Å². The SMILES string of the molecule is Cc1cc(C(=O)c2ccccc2)cc2c(-c3ccccc3)[nH]c(=O)nc12. The van der Waals surface area contributed by atoms with Crippen molar-refractivity contribution in [1.29, 1.82) is 0 Å². The summed E-state index contributed by atoms with van der Waals surface area (Å²) in [7, 11) is 0. The number of aromatic nitrogens is 2. The predicted octanol–water partition coefficient (Wildman–Crippen LogP) is 4.13. The van der Waals surface area contributed by atoms with Crippen molar-refractivity contribution in [3.63, 3.8) is 0 Å². The third-order valence-corrected chi connectivity index (χ3v) is 4.38. The van der Waals surface area contributed by atoms with Crippen LogP contribution in [-0.4, -0.2) is 15.8 Å². The lowest BCUT2D eigenvalue weighted by Crippen LogP contribution is -2.13. The fourth-order valence-corrected chi connectivity index (χ4v) is 3.14. The molecule has 0 unspecified atom stereocenters. The first-order valence-corrected chi connectivity index (χ1v) is 8.33. The van der Waals surface area contributed by atoms with Crippen molar-refractivity contribution in [2.45, 2.75) is 6.92 Å². The highest BCUT2D eigenvalue weighted by Gasteiger charge is 2.15. The standard InChI is InChI=1S/C22H16N2O2/c1-14-12-17(21(25)16-10-6-3-7-11-16)13-18-19(14)23-22(26)24-20(18)15-8-4-2-5-9-15/h2-13H,1H3,(H,23,24,26). The number of aromatic amines is 1. The molecule has 4 rings (SSSR count). The molecule has 1 heterocycles. The molecule has 3 aromatic carbocycles. The number of fused-ring (bicyclic) bond motifs is 1. The van der Waals surface area contributed by atoms with Gasteiger partial charge in [-0.3, -0.25) is 4.79 Å². The van der Waals surface area contributed by atoms with Gasteiger partial charge in [0.25, 0.3) is 0 Å². The zero-order valence-electron chi connectivity index (χ0n) is 14.2. The van der Waals surface area contributed by atoms with Gasteiger partial charge in [0.05, 0.1) is 11.2 Å². The van der Waals surface area contributed by atoms with E-state index in [1.807, 2.05) is 61.5 Å². The van der Waals surface area contributed by atoms with Crippen molar-refractivity contribution in [2.75, 3.05) is 0 Å². The Hall–Kier alpha value is -3.53. The number of H-pyrrole nitrogens is 1. The van der Waals surface area contributed by atoms with Crippen LogP contribution in [0.1, 0.15) is 21.5 Å². The highest BCUT2D eigenvalue weighted by molar-refractivity contribution is 6.11. The molecule has 0 bridgehead atoms. The molecule has 126 valence electrons. The van der Waals surface area contributed by atoms with E-state index in [-0.39, 0.29) is 5.78 Å². The minimum atomic E-state index is -0.401. The van der Waals surface area contributed by atoms with Gasteiger partial charge in [-0.15, -0.1) is 0 Å². The zero-order chi connectivity index (χ0) is 18.1. The van der Waals surface area contributed by atoms with E-state index in [4.69, 9.17) is 0 Å². The summed E-state index contributed by atoms with van der Waals surface area (Å²) in [5.74, 6) is -0.0548. The lowest BCUT2D eigenvalue weighted by atomic mass is 9.97. The van der Waals surface area contributed by atoms with Gasteiger partial charge in [0.15, 0.2) is 5.78 Å². The Morgan fingerprint density at radius 1 is 0.885 bits per heavy atom.